The van der Waals surface area contributed by atoms with E-state index < -0.39 is 20.2 Å². The minimum absolute atomic E-state index is 0.0157. The molecule has 0 heterocycles. The Balaban J connectivity index is 2.50. The van der Waals surface area contributed by atoms with Crippen LogP contribution in [-0.2, 0) is 0 Å². The van der Waals surface area contributed by atoms with E-state index in [2.05, 4.69) is 24.4 Å². The molecule has 0 amide bonds. The van der Waals surface area contributed by atoms with Gasteiger partial charge in [-0.25, -0.2) is 0 Å². The van der Waals surface area contributed by atoms with Gasteiger partial charge in [0.15, 0.2) is 0 Å². The maximum absolute atomic E-state index is 12.7. The fraction of sp³-hybridized carbons (Fsp3) is 0.429. The Kier molecular flexibility index (Phi) is 6.13. The predicted molar refractivity (Wildman–Crippen MR) is 75.7 cm³/mol. The van der Waals surface area contributed by atoms with Crippen LogP contribution in [0.25, 0.3) is 0 Å². The highest BCUT2D eigenvalue weighted by molar-refractivity contribution is 6.76. The highest BCUT2D eigenvalue weighted by atomic mass is 28.3. The van der Waals surface area contributed by atoms with Gasteiger partial charge in [-0.3, -0.25) is 0 Å². The zero-order valence-electron chi connectivity index (χ0n) is 11.9. The van der Waals surface area contributed by atoms with Gasteiger partial charge in [0.05, 0.1) is 6.61 Å². The summed E-state index contributed by atoms with van der Waals surface area (Å²) in [5.74, 6) is 0.461. The normalized spacial score (nSPS) is 11.1. The molecule has 1 rings (SSSR count). The van der Waals surface area contributed by atoms with Gasteiger partial charge in [-0.2, -0.15) is 13.2 Å². The Morgan fingerprint density at radius 1 is 1.10 bits per heavy atom. The number of benzene rings is 1. The fourth-order valence-corrected chi connectivity index (χ4v) is 2.77. The molecule has 0 aromatic heterocycles. The second-order valence-electron chi connectivity index (χ2n) is 5.62. The molecule has 0 bridgehead atoms. The van der Waals surface area contributed by atoms with Gasteiger partial charge in [-0.1, -0.05) is 31.8 Å². The topological polar surface area (TPSA) is 18.5 Å². The van der Waals surface area contributed by atoms with E-state index >= 15 is 0 Å². The molecule has 20 heavy (non-hydrogen) atoms. The molecular formula is C14H19F3O2Si. The molecule has 1 aromatic carbocycles. The summed E-state index contributed by atoms with van der Waals surface area (Å²) in [5.41, 5.74) is 0. The van der Waals surface area contributed by atoms with Crippen LogP contribution in [0.15, 0.2) is 36.4 Å². The molecule has 0 fully saturated rings. The average Bonchev–Trinajstić information content (AvgIpc) is 2.34. The van der Waals surface area contributed by atoms with Gasteiger partial charge < -0.3 is 9.47 Å². The lowest BCUT2D eigenvalue weighted by atomic mass is 10.3. The molecule has 2 nitrogen and oxygen atoms in total. The van der Waals surface area contributed by atoms with Gasteiger partial charge in [0.25, 0.3) is 0 Å². The summed E-state index contributed by atoms with van der Waals surface area (Å²) in [6.07, 6.45) is -1.54. The van der Waals surface area contributed by atoms with Gasteiger partial charge in [-0.15, -0.1) is 0 Å². The van der Waals surface area contributed by atoms with Crippen LogP contribution in [-0.4, -0.2) is 14.7 Å². The summed E-state index contributed by atoms with van der Waals surface area (Å²) in [6, 6.07) is 5.27. The van der Waals surface area contributed by atoms with Gasteiger partial charge >= 0.3 is 12.1 Å². The summed E-state index contributed by atoms with van der Waals surface area (Å²) in [5, 5.41) is 0. The zero-order valence-corrected chi connectivity index (χ0v) is 12.9. The van der Waals surface area contributed by atoms with Crippen molar-refractivity contribution in [3.63, 3.8) is 0 Å². The Labute approximate surface area is 118 Å². The molecule has 0 N–H and O–H groups in total. The summed E-state index contributed by atoms with van der Waals surface area (Å²) in [4.78, 5) is 0. The first-order valence-electron chi connectivity index (χ1n) is 6.39. The minimum Gasteiger partial charge on any atom is -0.493 e. The molecule has 112 valence electrons. The minimum atomic E-state index is -2.48. The summed E-state index contributed by atoms with van der Waals surface area (Å²) in [6.45, 7) is 7.38. The molecule has 0 aliphatic heterocycles. The van der Waals surface area contributed by atoms with E-state index in [0.29, 0.717) is 12.4 Å². The quantitative estimate of drug-likeness (QED) is 0.391. The summed E-state index contributed by atoms with van der Waals surface area (Å²) < 4.78 is 46.4. The second kappa shape index (κ2) is 7.38. The number of hydrogen-bond acceptors (Lipinski definition) is 2. The number of rotatable bonds is 7. The standard InChI is InChI=1S/C14H19F3O2Si/c1-20(2,3)9-5-8-18-11-6-4-7-12(10-11)19-14(17)13(15)16/h4,6-7,10H,5,8-9H2,1-3H3. The van der Waals surface area contributed by atoms with Crippen molar-refractivity contribution in [2.24, 2.45) is 0 Å². The van der Waals surface area contributed by atoms with Crippen LogP contribution in [0.4, 0.5) is 13.2 Å². The van der Waals surface area contributed by atoms with Crippen molar-refractivity contribution >= 4 is 8.07 Å². The highest BCUT2D eigenvalue weighted by Gasteiger charge is 2.12. The first-order valence-corrected chi connectivity index (χ1v) is 10.1. The Morgan fingerprint density at radius 3 is 2.35 bits per heavy atom. The molecule has 0 spiro atoms. The second-order valence-corrected chi connectivity index (χ2v) is 11.2. The summed E-state index contributed by atoms with van der Waals surface area (Å²) in [7, 11) is -1.08. The van der Waals surface area contributed by atoms with Crippen molar-refractivity contribution in [1.82, 2.24) is 0 Å². The van der Waals surface area contributed by atoms with Crippen molar-refractivity contribution in [2.45, 2.75) is 32.1 Å². The lowest BCUT2D eigenvalue weighted by molar-refractivity contribution is 0.240. The third-order valence-electron chi connectivity index (χ3n) is 2.50. The van der Waals surface area contributed by atoms with Crippen LogP contribution in [0.5, 0.6) is 11.5 Å². The van der Waals surface area contributed by atoms with Crippen molar-refractivity contribution in [2.75, 3.05) is 6.61 Å². The van der Waals surface area contributed by atoms with Gasteiger partial charge in [-0.05, 0) is 18.6 Å². The van der Waals surface area contributed by atoms with Crippen LogP contribution in [0.3, 0.4) is 0 Å². The fourth-order valence-electron chi connectivity index (χ4n) is 1.56. The third kappa shape index (κ3) is 6.65. The van der Waals surface area contributed by atoms with E-state index in [4.69, 9.17) is 4.74 Å². The molecule has 0 saturated heterocycles. The molecule has 0 unspecified atom stereocenters. The van der Waals surface area contributed by atoms with Crippen LogP contribution >= 0.6 is 0 Å². The van der Waals surface area contributed by atoms with Gasteiger partial charge in [0.2, 0.25) is 0 Å². The predicted octanol–water partition coefficient (Wildman–Crippen LogP) is 5.21. The number of hydrogen-bond donors (Lipinski definition) is 0. The Hall–Kier alpha value is -1.43. The van der Waals surface area contributed by atoms with E-state index in [1.54, 1.807) is 12.1 Å². The molecular weight excluding hydrogens is 285 g/mol. The Morgan fingerprint density at radius 2 is 1.75 bits per heavy atom. The number of halogens is 3. The lowest BCUT2D eigenvalue weighted by Crippen LogP contribution is -2.19. The third-order valence-corrected chi connectivity index (χ3v) is 4.35. The van der Waals surface area contributed by atoms with Crippen molar-refractivity contribution in [1.29, 1.82) is 0 Å². The van der Waals surface area contributed by atoms with Gasteiger partial charge in [0, 0.05) is 14.1 Å². The van der Waals surface area contributed by atoms with E-state index in [-0.39, 0.29) is 5.75 Å². The van der Waals surface area contributed by atoms with Crippen molar-refractivity contribution in [3.05, 3.63) is 36.4 Å². The van der Waals surface area contributed by atoms with Crippen LogP contribution in [0.2, 0.25) is 25.7 Å². The highest BCUT2D eigenvalue weighted by Crippen LogP contribution is 2.23. The van der Waals surface area contributed by atoms with E-state index in [1.807, 2.05) is 0 Å². The molecule has 0 aliphatic carbocycles. The van der Waals surface area contributed by atoms with Crippen molar-refractivity contribution < 1.29 is 22.6 Å². The first kappa shape index (κ1) is 16.6. The lowest BCUT2D eigenvalue weighted by Gasteiger charge is -2.15. The zero-order chi connectivity index (χ0) is 15.2. The Bertz CT molecular complexity index is 466. The average molecular weight is 304 g/mol. The maximum atomic E-state index is 12.7. The molecule has 1 aromatic rings. The van der Waals surface area contributed by atoms with E-state index in [0.717, 1.165) is 12.5 Å². The van der Waals surface area contributed by atoms with Crippen LogP contribution < -0.4 is 9.47 Å². The summed E-state index contributed by atoms with van der Waals surface area (Å²) >= 11 is 0. The smallest absolute Gasteiger partial charge is 0.344 e. The maximum Gasteiger partial charge on any atom is 0.344 e. The van der Waals surface area contributed by atoms with Crippen LogP contribution in [0.1, 0.15) is 6.42 Å². The number of ether oxygens (including phenoxy) is 2. The first-order chi connectivity index (χ1) is 9.28. The molecule has 0 saturated carbocycles. The van der Waals surface area contributed by atoms with E-state index in [1.165, 1.54) is 12.1 Å². The molecule has 0 atom stereocenters. The van der Waals surface area contributed by atoms with Crippen LogP contribution in [0, 0.1) is 0 Å². The molecule has 6 heteroatoms. The monoisotopic (exact) mass is 304 g/mol. The largest absolute Gasteiger partial charge is 0.493 e. The van der Waals surface area contributed by atoms with Crippen molar-refractivity contribution in [3.8, 4) is 11.5 Å². The SMILES string of the molecule is C[Si](C)(C)CCCOc1cccc(OC(F)=C(F)F)c1. The van der Waals surface area contributed by atoms with Gasteiger partial charge in [0.1, 0.15) is 11.5 Å². The molecule has 0 aliphatic rings. The molecule has 0 radical (unpaired) electrons. The van der Waals surface area contributed by atoms with E-state index in [9.17, 15) is 13.2 Å².